The summed E-state index contributed by atoms with van der Waals surface area (Å²) >= 11 is 1.47. The highest BCUT2D eigenvalue weighted by molar-refractivity contribution is 7.12. The molecule has 0 spiro atoms. The van der Waals surface area contributed by atoms with Crippen molar-refractivity contribution >= 4 is 23.2 Å². The summed E-state index contributed by atoms with van der Waals surface area (Å²) in [5, 5.41) is 1.91. The average Bonchev–Trinajstić information content (AvgIpc) is 3.06. The van der Waals surface area contributed by atoms with Crippen molar-refractivity contribution in [2.24, 2.45) is 0 Å². The van der Waals surface area contributed by atoms with Crippen molar-refractivity contribution in [3.8, 4) is 0 Å². The van der Waals surface area contributed by atoms with Gasteiger partial charge in [0.15, 0.2) is 5.78 Å². The largest absolute Gasteiger partial charge is 0.444 e. The van der Waals surface area contributed by atoms with Gasteiger partial charge in [-0.2, -0.15) is 0 Å². The third kappa shape index (κ3) is 5.32. The van der Waals surface area contributed by atoms with E-state index in [9.17, 15) is 9.59 Å². The molecule has 0 aromatic carbocycles. The first-order chi connectivity index (χ1) is 10.8. The maximum atomic E-state index is 12.3. The van der Waals surface area contributed by atoms with E-state index >= 15 is 0 Å². The summed E-state index contributed by atoms with van der Waals surface area (Å²) in [5.74, 6) is 0.129. The van der Waals surface area contributed by atoms with Gasteiger partial charge in [0.2, 0.25) is 0 Å². The molecule has 2 heterocycles. The second-order valence-corrected chi connectivity index (χ2v) is 8.01. The summed E-state index contributed by atoms with van der Waals surface area (Å²) in [6, 6.07) is 3.86. The summed E-state index contributed by atoms with van der Waals surface area (Å²) in [6.45, 7) is 7.42. The summed E-state index contributed by atoms with van der Waals surface area (Å²) < 4.78 is 5.48. The van der Waals surface area contributed by atoms with E-state index < -0.39 is 5.60 Å². The molecule has 0 unspecified atom stereocenters. The van der Waals surface area contributed by atoms with E-state index in [-0.39, 0.29) is 17.9 Å². The van der Waals surface area contributed by atoms with E-state index in [1.54, 1.807) is 4.90 Å². The molecule has 1 atom stereocenters. The minimum Gasteiger partial charge on any atom is -0.444 e. The van der Waals surface area contributed by atoms with E-state index in [1.165, 1.54) is 11.3 Å². The smallest absolute Gasteiger partial charge is 0.410 e. The Bertz CT molecular complexity index is 537. The van der Waals surface area contributed by atoms with Gasteiger partial charge in [0.25, 0.3) is 0 Å². The molecule has 5 nitrogen and oxygen atoms in total. The molecule has 0 bridgehead atoms. The van der Waals surface area contributed by atoms with E-state index in [0.29, 0.717) is 13.1 Å². The second kappa shape index (κ2) is 7.45. The number of hydrogen-bond acceptors (Lipinski definition) is 5. The first-order valence-electron chi connectivity index (χ1n) is 8.01. The number of likely N-dealkylation sites (tertiary alicyclic amines) is 1. The Labute approximate surface area is 142 Å². The molecule has 23 heavy (non-hydrogen) atoms. The minimum atomic E-state index is -0.481. The minimum absolute atomic E-state index is 0.117. The van der Waals surface area contributed by atoms with E-state index in [2.05, 4.69) is 0 Å². The lowest BCUT2D eigenvalue weighted by molar-refractivity contribution is 0.0205. The van der Waals surface area contributed by atoms with Crippen molar-refractivity contribution in [1.82, 2.24) is 9.80 Å². The Kier molecular flexibility index (Phi) is 5.81. The number of ketones is 1. The van der Waals surface area contributed by atoms with Gasteiger partial charge in [-0.1, -0.05) is 6.07 Å². The number of Topliss-reactive ketones (excluding diaryl/α,β-unsaturated/α-hetero) is 1. The van der Waals surface area contributed by atoms with Crippen LogP contribution in [-0.2, 0) is 4.74 Å². The number of likely N-dealkylation sites (N-methyl/N-ethyl adjacent to an activating group) is 1. The first kappa shape index (κ1) is 17.9. The molecule has 2 rings (SSSR count). The third-order valence-corrected chi connectivity index (χ3v) is 4.65. The van der Waals surface area contributed by atoms with Crippen molar-refractivity contribution < 1.29 is 14.3 Å². The number of carbonyl (C=O) groups is 2. The first-order valence-corrected chi connectivity index (χ1v) is 8.89. The quantitative estimate of drug-likeness (QED) is 0.773. The molecule has 6 heteroatoms. The van der Waals surface area contributed by atoms with Crippen LogP contribution in [-0.4, -0.2) is 60.0 Å². The fourth-order valence-electron chi connectivity index (χ4n) is 2.77. The van der Waals surface area contributed by atoms with Gasteiger partial charge >= 0.3 is 6.09 Å². The molecular weight excluding hydrogens is 312 g/mol. The van der Waals surface area contributed by atoms with Gasteiger partial charge in [0, 0.05) is 19.1 Å². The molecule has 1 saturated heterocycles. The van der Waals surface area contributed by atoms with Crippen LogP contribution < -0.4 is 0 Å². The highest BCUT2D eigenvalue weighted by Crippen LogP contribution is 2.21. The zero-order chi connectivity index (χ0) is 17.0. The number of nitrogens with zero attached hydrogens (tertiary/aromatic N) is 2. The number of rotatable bonds is 5. The molecule has 0 saturated carbocycles. The van der Waals surface area contributed by atoms with E-state index in [1.807, 2.05) is 50.2 Å². The zero-order valence-corrected chi connectivity index (χ0v) is 15.2. The van der Waals surface area contributed by atoms with Crippen LogP contribution in [0.25, 0.3) is 0 Å². The highest BCUT2D eigenvalue weighted by Gasteiger charge is 2.32. The van der Waals surface area contributed by atoms with Crippen molar-refractivity contribution in [2.45, 2.75) is 45.3 Å². The topological polar surface area (TPSA) is 49.9 Å². The molecule has 0 aliphatic carbocycles. The Hall–Kier alpha value is -1.40. The van der Waals surface area contributed by atoms with Crippen LogP contribution in [0.3, 0.4) is 0 Å². The summed E-state index contributed by atoms with van der Waals surface area (Å²) in [5.41, 5.74) is -0.481. The van der Waals surface area contributed by atoms with E-state index in [4.69, 9.17) is 4.74 Å². The van der Waals surface area contributed by atoms with Crippen LogP contribution in [0, 0.1) is 0 Å². The Balaban J connectivity index is 1.88. The fourth-order valence-corrected chi connectivity index (χ4v) is 3.43. The van der Waals surface area contributed by atoms with Gasteiger partial charge in [0.1, 0.15) is 5.60 Å². The number of carbonyl (C=O) groups excluding carboxylic acids is 2. The maximum Gasteiger partial charge on any atom is 0.410 e. The Morgan fingerprint density at radius 2 is 2.17 bits per heavy atom. The second-order valence-electron chi connectivity index (χ2n) is 7.07. The number of hydrogen-bond donors (Lipinski definition) is 0. The van der Waals surface area contributed by atoms with Gasteiger partial charge in [-0.3, -0.25) is 9.69 Å². The van der Waals surface area contributed by atoms with Crippen LogP contribution in [0.2, 0.25) is 0 Å². The van der Waals surface area contributed by atoms with Crippen LogP contribution in [0.15, 0.2) is 17.5 Å². The molecule has 1 amide bonds. The molecule has 0 N–H and O–H groups in total. The monoisotopic (exact) mass is 338 g/mol. The molecule has 1 fully saturated rings. The molecular formula is C17H26N2O3S. The van der Waals surface area contributed by atoms with Gasteiger partial charge in [-0.25, -0.2) is 4.79 Å². The third-order valence-electron chi connectivity index (χ3n) is 3.74. The van der Waals surface area contributed by atoms with Crippen molar-refractivity contribution in [3.05, 3.63) is 22.4 Å². The van der Waals surface area contributed by atoms with Gasteiger partial charge in [-0.05, 0) is 52.1 Å². The number of thiophene rings is 1. The summed E-state index contributed by atoms with van der Waals surface area (Å²) in [7, 11) is 1.93. The molecule has 0 radical (unpaired) electrons. The summed E-state index contributed by atoms with van der Waals surface area (Å²) in [4.78, 5) is 29.0. The predicted molar refractivity (Wildman–Crippen MR) is 92.1 cm³/mol. The van der Waals surface area contributed by atoms with Crippen LogP contribution in [0.1, 0.15) is 43.3 Å². The highest BCUT2D eigenvalue weighted by atomic mass is 32.1. The van der Waals surface area contributed by atoms with Gasteiger partial charge in [0.05, 0.1) is 11.4 Å². The van der Waals surface area contributed by atoms with Crippen LogP contribution in [0.4, 0.5) is 4.79 Å². The van der Waals surface area contributed by atoms with Gasteiger partial charge in [-0.15, -0.1) is 11.3 Å². The molecule has 1 aromatic heterocycles. The average molecular weight is 338 g/mol. The molecule has 1 aromatic rings. The van der Waals surface area contributed by atoms with Crippen LogP contribution >= 0.6 is 11.3 Å². The lowest BCUT2D eigenvalue weighted by Gasteiger charge is -2.30. The standard InChI is InChI=1S/C17H26N2O3S/c1-17(2,3)22-16(21)19-9-5-7-13(19)11-18(4)12-14(20)15-8-6-10-23-15/h6,8,10,13H,5,7,9,11-12H2,1-4H3/t13-/m1/s1. The van der Waals surface area contributed by atoms with Crippen molar-refractivity contribution in [2.75, 3.05) is 26.7 Å². The van der Waals surface area contributed by atoms with E-state index in [0.717, 1.165) is 24.3 Å². The van der Waals surface area contributed by atoms with Gasteiger partial charge < -0.3 is 9.64 Å². The zero-order valence-electron chi connectivity index (χ0n) is 14.4. The Morgan fingerprint density at radius 3 is 2.78 bits per heavy atom. The molecule has 1 aliphatic heterocycles. The van der Waals surface area contributed by atoms with Crippen molar-refractivity contribution in [3.63, 3.8) is 0 Å². The number of ether oxygens (including phenoxy) is 1. The molecule has 1 aliphatic rings. The summed E-state index contributed by atoms with van der Waals surface area (Å²) in [6.07, 6.45) is 1.69. The van der Waals surface area contributed by atoms with Crippen molar-refractivity contribution in [1.29, 1.82) is 0 Å². The van der Waals surface area contributed by atoms with Crippen LogP contribution in [0.5, 0.6) is 0 Å². The maximum absolute atomic E-state index is 12.3. The lowest BCUT2D eigenvalue weighted by atomic mass is 10.2. The Morgan fingerprint density at radius 1 is 1.43 bits per heavy atom. The predicted octanol–water partition coefficient (Wildman–Crippen LogP) is 3.26. The lowest BCUT2D eigenvalue weighted by Crippen LogP contribution is -2.45. The number of amides is 1. The normalized spacial score (nSPS) is 18.5. The SMILES string of the molecule is CN(CC(=O)c1cccs1)C[C@H]1CCCN1C(=O)OC(C)(C)C. The fraction of sp³-hybridized carbons (Fsp3) is 0.647. The molecule has 128 valence electrons.